The summed E-state index contributed by atoms with van der Waals surface area (Å²) in [5.74, 6) is -0.225. The molecule has 7 heteroatoms. The molecule has 0 aromatic rings. The number of likely N-dealkylation sites (N-methyl/N-ethyl adjacent to an activating group) is 1. The van der Waals surface area contributed by atoms with Crippen molar-refractivity contribution in [1.29, 1.82) is 0 Å². The summed E-state index contributed by atoms with van der Waals surface area (Å²) >= 11 is 0. The third-order valence-corrected chi connectivity index (χ3v) is 3.23. The first-order valence-corrected chi connectivity index (χ1v) is 5.47. The van der Waals surface area contributed by atoms with Gasteiger partial charge in [0.25, 0.3) is 0 Å². The van der Waals surface area contributed by atoms with Crippen molar-refractivity contribution in [2.75, 3.05) is 20.1 Å². The van der Waals surface area contributed by atoms with E-state index in [1.165, 1.54) is 9.80 Å². The van der Waals surface area contributed by atoms with Gasteiger partial charge in [0.1, 0.15) is 6.04 Å². The zero-order valence-electron chi connectivity index (χ0n) is 9.44. The molecule has 96 valence electrons. The molecule has 0 bridgehead atoms. The maximum atomic E-state index is 11.9. The highest BCUT2D eigenvalue weighted by atomic mass is 19.3. The minimum Gasteiger partial charge on any atom is -0.336 e. The van der Waals surface area contributed by atoms with E-state index in [0.717, 1.165) is 0 Å². The zero-order valence-corrected chi connectivity index (χ0v) is 9.44. The topological polar surface area (TPSA) is 49.9 Å². The number of alkyl halides is 2. The second-order valence-corrected chi connectivity index (χ2v) is 4.32. The Morgan fingerprint density at radius 1 is 1.47 bits per heavy atom. The van der Waals surface area contributed by atoms with Crippen molar-refractivity contribution in [2.24, 2.45) is 0 Å². The highest BCUT2D eigenvalue weighted by Gasteiger charge is 2.41. The van der Waals surface area contributed by atoms with Crippen LogP contribution in [0.3, 0.4) is 0 Å². The Kier molecular flexibility index (Phi) is 3.28. The average molecular weight is 248 g/mol. The summed E-state index contributed by atoms with van der Waals surface area (Å²) in [7, 11) is 1.59. The lowest BCUT2D eigenvalue weighted by atomic mass is 10.1. The Morgan fingerprint density at radius 2 is 2.12 bits per heavy atom. The molecular formula is C10H14F2N2O3. The van der Waals surface area contributed by atoms with Gasteiger partial charge in [-0.1, -0.05) is 0 Å². The highest BCUT2D eigenvalue weighted by molar-refractivity contribution is 5.91. The van der Waals surface area contributed by atoms with E-state index in [1.807, 2.05) is 0 Å². The van der Waals surface area contributed by atoms with Gasteiger partial charge in [-0.3, -0.25) is 9.59 Å². The number of ether oxygens (including phenoxy) is 1. The summed E-state index contributed by atoms with van der Waals surface area (Å²) in [5, 5.41) is 0. The molecule has 2 rings (SSSR count). The van der Waals surface area contributed by atoms with E-state index in [1.54, 1.807) is 7.05 Å². The molecular weight excluding hydrogens is 234 g/mol. The molecule has 2 heterocycles. The van der Waals surface area contributed by atoms with E-state index in [2.05, 4.69) is 4.74 Å². The van der Waals surface area contributed by atoms with Crippen LogP contribution < -0.4 is 0 Å². The monoisotopic (exact) mass is 248 g/mol. The maximum Gasteiger partial charge on any atom is 0.345 e. The summed E-state index contributed by atoms with van der Waals surface area (Å²) < 4.78 is 28.0. The molecule has 0 radical (unpaired) electrons. The predicted octanol–water partition coefficient (Wildman–Crippen LogP) is 0.0572. The van der Waals surface area contributed by atoms with Crippen LogP contribution >= 0.6 is 0 Å². The third kappa shape index (κ3) is 2.38. The van der Waals surface area contributed by atoms with Gasteiger partial charge < -0.3 is 14.5 Å². The minimum atomic E-state index is -2.80. The zero-order chi connectivity index (χ0) is 12.6. The third-order valence-electron chi connectivity index (χ3n) is 3.23. The average Bonchev–Trinajstić information content (AvgIpc) is 2.52. The van der Waals surface area contributed by atoms with Crippen molar-refractivity contribution in [3.63, 3.8) is 0 Å². The number of carbonyl (C=O) groups is 2. The molecule has 2 saturated heterocycles. The molecule has 0 unspecified atom stereocenters. The normalized spacial score (nSPS) is 25.6. The molecule has 5 nitrogen and oxygen atoms in total. The Labute approximate surface area is 97.3 Å². The molecule has 17 heavy (non-hydrogen) atoms. The Hall–Kier alpha value is -1.24. The maximum absolute atomic E-state index is 11.9. The number of hydrogen-bond acceptors (Lipinski definition) is 3. The first kappa shape index (κ1) is 12.2. The molecule has 2 fully saturated rings. The van der Waals surface area contributed by atoms with Crippen LogP contribution in [0.5, 0.6) is 0 Å². The van der Waals surface area contributed by atoms with E-state index < -0.39 is 18.8 Å². The molecule has 2 aliphatic rings. The number of rotatable bonds is 3. The van der Waals surface area contributed by atoms with E-state index in [0.29, 0.717) is 12.8 Å². The van der Waals surface area contributed by atoms with E-state index in [4.69, 9.17) is 0 Å². The Morgan fingerprint density at radius 3 is 2.59 bits per heavy atom. The lowest BCUT2D eigenvalue weighted by Crippen LogP contribution is -2.59. The SMILES string of the molecule is CN1C(=O)CC[C@@H]1C(=O)N1CC(OC(F)F)C1. The largest absolute Gasteiger partial charge is 0.345 e. The summed E-state index contributed by atoms with van der Waals surface area (Å²) in [4.78, 5) is 26.0. The van der Waals surface area contributed by atoms with Gasteiger partial charge in [-0.15, -0.1) is 0 Å². The smallest absolute Gasteiger partial charge is 0.336 e. The molecule has 0 N–H and O–H groups in total. The molecule has 0 aromatic heterocycles. The number of halogens is 2. The van der Waals surface area contributed by atoms with Crippen molar-refractivity contribution in [1.82, 2.24) is 9.80 Å². The van der Waals surface area contributed by atoms with E-state index in [9.17, 15) is 18.4 Å². The molecule has 0 saturated carbocycles. The fourth-order valence-electron chi connectivity index (χ4n) is 2.15. The van der Waals surface area contributed by atoms with E-state index in [-0.39, 0.29) is 24.9 Å². The van der Waals surface area contributed by atoms with Gasteiger partial charge in [-0.2, -0.15) is 8.78 Å². The second-order valence-electron chi connectivity index (χ2n) is 4.32. The van der Waals surface area contributed by atoms with Crippen LogP contribution in [0.4, 0.5) is 8.78 Å². The van der Waals surface area contributed by atoms with Crippen LogP contribution in [-0.2, 0) is 14.3 Å². The summed E-state index contributed by atoms with van der Waals surface area (Å²) in [6, 6.07) is -0.435. The van der Waals surface area contributed by atoms with Gasteiger partial charge in [0.2, 0.25) is 11.8 Å². The van der Waals surface area contributed by atoms with Crippen LogP contribution in [0, 0.1) is 0 Å². The van der Waals surface area contributed by atoms with Crippen LogP contribution in [0.1, 0.15) is 12.8 Å². The van der Waals surface area contributed by atoms with Crippen molar-refractivity contribution >= 4 is 11.8 Å². The predicted molar refractivity (Wildman–Crippen MR) is 53.2 cm³/mol. The fraction of sp³-hybridized carbons (Fsp3) is 0.800. The Balaban J connectivity index is 1.81. The lowest BCUT2D eigenvalue weighted by Gasteiger charge is -2.40. The van der Waals surface area contributed by atoms with Crippen molar-refractivity contribution in [2.45, 2.75) is 31.6 Å². The number of nitrogens with zero attached hydrogens (tertiary/aromatic N) is 2. The van der Waals surface area contributed by atoms with E-state index >= 15 is 0 Å². The van der Waals surface area contributed by atoms with Crippen molar-refractivity contribution < 1.29 is 23.1 Å². The van der Waals surface area contributed by atoms with Gasteiger partial charge in [0.15, 0.2) is 0 Å². The van der Waals surface area contributed by atoms with Gasteiger partial charge in [0.05, 0.1) is 6.10 Å². The standard InChI is InChI=1S/C10H14F2N2O3/c1-13-7(2-3-8(13)15)9(16)14-4-6(5-14)17-10(11)12/h6-7,10H,2-5H2,1H3/t7-/m1/s1. The molecule has 0 aromatic carbocycles. The fourth-order valence-corrected chi connectivity index (χ4v) is 2.15. The van der Waals surface area contributed by atoms with Gasteiger partial charge in [-0.25, -0.2) is 0 Å². The van der Waals surface area contributed by atoms with Crippen LogP contribution in [-0.4, -0.2) is 60.5 Å². The van der Waals surface area contributed by atoms with Crippen LogP contribution in [0.25, 0.3) is 0 Å². The lowest BCUT2D eigenvalue weighted by molar-refractivity contribution is -0.200. The molecule has 0 spiro atoms. The second kappa shape index (κ2) is 4.56. The molecule has 1 atom stereocenters. The summed E-state index contributed by atoms with van der Waals surface area (Å²) in [6.45, 7) is -2.43. The van der Waals surface area contributed by atoms with Gasteiger partial charge >= 0.3 is 6.61 Å². The van der Waals surface area contributed by atoms with Crippen molar-refractivity contribution in [3.8, 4) is 0 Å². The first-order valence-electron chi connectivity index (χ1n) is 5.47. The van der Waals surface area contributed by atoms with Gasteiger partial charge in [-0.05, 0) is 6.42 Å². The van der Waals surface area contributed by atoms with Crippen LogP contribution in [0.2, 0.25) is 0 Å². The van der Waals surface area contributed by atoms with Gasteiger partial charge in [0, 0.05) is 26.6 Å². The first-order chi connectivity index (χ1) is 7.99. The molecule has 2 amide bonds. The number of likely N-dealkylation sites (tertiary alicyclic amines) is 2. The number of carbonyl (C=O) groups excluding carboxylic acids is 2. The number of amides is 2. The Bertz CT molecular complexity index is 332. The molecule has 2 aliphatic heterocycles. The molecule has 0 aliphatic carbocycles. The summed E-state index contributed by atoms with van der Waals surface area (Å²) in [5.41, 5.74) is 0. The van der Waals surface area contributed by atoms with Crippen LogP contribution in [0.15, 0.2) is 0 Å². The number of hydrogen-bond donors (Lipinski definition) is 0. The summed E-state index contributed by atoms with van der Waals surface area (Å²) in [6.07, 6.45) is 0.296. The highest BCUT2D eigenvalue weighted by Crippen LogP contribution is 2.22. The minimum absolute atomic E-state index is 0.0516. The van der Waals surface area contributed by atoms with Crippen molar-refractivity contribution in [3.05, 3.63) is 0 Å². The quantitative estimate of drug-likeness (QED) is 0.709.